The molecule has 4 heteroatoms. The molecule has 0 aromatic heterocycles. The van der Waals surface area contributed by atoms with Crippen LogP contribution in [0.4, 0.5) is 0 Å². The van der Waals surface area contributed by atoms with Gasteiger partial charge < -0.3 is 4.74 Å². The Hall–Kier alpha value is -0.0900. The lowest BCUT2D eigenvalue weighted by Crippen LogP contribution is -1.92. The summed E-state index contributed by atoms with van der Waals surface area (Å²) in [6, 6.07) is 0. The van der Waals surface area contributed by atoms with Crippen molar-refractivity contribution in [3.05, 3.63) is 20.8 Å². The molecule has 0 bridgehead atoms. The molecule has 0 saturated carbocycles. The molecule has 0 atom stereocenters. The molecule has 1 rings (SSSR count). The number of hydrogen-bond donors (Lipinski definition) is 0. The SMILES string of the molecule is CCCCC1=C(Br)C(=O)O/C1=C/Br. The minimum absolute atomic E-state index is 0.295. The summed E-state index contributed by atoms with van der Waals surface area (Å²) < 4.78 is 5.55. The van der Waals surface area contributed by atoms with Gasteiger partial charge in [-0.1, -0.05) is 29.3 Å². The second-order valence-corrected chi connectivity index (χ2v) is 4.01. The van der Waals surface area contributed by atoms with Crippen LogP contribution in [0.2, 0.25) is 0 Å². The molecule has 0 aromatic rings. The van der Waals surface area contributed by atoms with E-state index in [0.29, 0.717) is 10.2 Å². The molecule has 1 aliphatic rings. The lowest BCUT2D eigenvalue weighted by atomic mass is 10.1. The van der Waals surface area contributed by atoms with Crippen molar-refractivity contribution in [1.82, 2.24) is 0 Å². The lowest BCUT2D eigenvalue weighted by Gasteiger charge is -2.00. The number of cyclic esters (lactones) is 1. The minimum atomic E-state index is -0.295. The molecule has 0 aliphatic carbocycles. The van der Waals surface area contributed by atoms with Crippen molar-refractivity contribution in [3.8, 4) is 0 Å². The Labute approximate surface area is 94.3 Å². The highest BCUT2D eigenvalue weighted by Crippen LogP contribution is 2.33. The molecule has 0 saturated heterocycles. The fraction of sp³-hybridized carbons (Fsp3) is 0.444. The summed E-state index contributed by atoms with van der Waals surface area (Å²) in [6.07, 6.45) is 3.04. The van der Waals surface area contributed by atoms with E-state index in [1.54, 1.807) is 4.99 Å². The van der Waals surface area contributed by atoms with Gasteiger partial charge in [0.15, 0.2) is 0 Å². The standard InChI is InChI=1S/C9H10Br2O2/c1-2-3-4-6-7(5-10)13-9(12)8(6)11/h5H,2-4H2,1H3/b7-5+. The Balaban J connectivity index is 2.81. The number of carbonyl (C=O) groups is 1. The number of hydrogen-bond acceptors (Lipinski definition) is 2. The molecule has 1 aliphatic heterocycles. The highest BCUT2D eigenvalue weighted by atomic mass is 79.9. The highest BCUT2D eigenvalue weighted by molar-refractivity contribution is 9.12. The van der Waals surface area contributed by atoms with E-state index in [9.17, 15) is 4.79 Å². The zero-order valence-electron chi connectivity index (χ0n) is 7.27. The first-order valence-corrected chi connectivity index (χ1v) is 5.83. The summed E-state index contributed by atoms with van der Waals surface area (Å²) in [4.78, 5) is 12.8. The van der Waals surface area contributed by atoms with Crippen molar-refractivity contribution in [3.63, 3.8) is 0 Å². The largest absolute Gasteiger partial charge is 0.422 e. The third kappa shape index (κ3) is 2.44. The van der Waals surface area contributed by atoms with Gasteiger partial charge in [0, 0.05) is 10.6 Å². The smallest absolute Gasteiger partial charge is 0.351 e. The summed E-state index contributed by atoms with van der Waals surface area (Å²) in [5, 5.41) is 0. The number of unbranched alkanes of at least 4 members (excludes halogenated alkanes) is 1. The predicted molar refractivity (Wildman–Crippen MR) is 58.6 cm³/mol. The first-order chi connectivity index (χ1) is 6.20. The van der Waals surface area contributed by atoms with Gasteiger partial charge in [-0.3, -0.25) is 0 Å². The van der Waals surface area contributed by atoms with Crippen LogP contribution >= 0.6 is 31.9 Å². The fourth-order valence-corrected chi connectivity index (χ4v) is 1.96. The summed E-state index contributed by atoms with van der Waals surface area (Å²) in [5.74, 6) is 0.335. The Morgan fingerprint density at radius 3 is 2.77 bits per heavy atom. The third-order valence-electron chi connectivity index (χ3n) is 1.82. The van der Waals surface area contributed by atoms with Crippen molar-refractivity contribution in [1.29, 1.82) is 0 Å². The lowest BCUT2D eigenvalue weighted by molar-refractivity contribution is -0.132. The first-order valence-electron chi connectivity index (χ1n) is 4.12. The van der Waals surface area contributed by atoms with E-state index in [2.05, 4.69) is 38.8 Å². The van der Waals surface area contributed by atoms with Crippen LogP contribution in [0.1, 0.15) is 26.2 Å². The summed E-state index contributed by atoms with van der Waals surface area (Å²) in [5.41, 5.74) is 0.962. The predicted octanol–water partition coefficient (Wildman–Crippen LogP) is 3.62. The normalized spacial score (nSPS) is 19.9. The number of allylic oxidation sites excluding steroid dienone is 1. The Morgan fingerprint density at radius 2 is 2.23 bits per heavy atom. The van der Waals surface area contributed by atoms with E-state index in [-0.39, 0.29) is 5.97 Å². The average molecular weight is 310 g/mol. The van der Waals surface area contributed by atoms with Gasteiger partial charge in [0.1, 0.15) is 10.2 Å². The quantitative estimate of drug-likeness (QED) is 0.744. The summed E-state index contributed by atoms with van der Waals surface area (Å²) >= 11 is 6.39. The highest BCUT2D eigenvalue weighted by Gasteiger charge is 2.26. The van der Waals surface area contributed by atoms with Crippen molar-refractivity contribution in [2.45, 2.75) is 26.2 Å². The minimum Gasteiger partial charge on any atom is -0.422 e. The molecule has 72 valence electrons. The van der Waals surface area contributed by atoms with Crippen LogP contribution < -0.4 is 0 Å². The maximum Gasteiger partial charge on any atom is 0.351 e. The topological polar surface area (TPSA) is 26.3 Å². The van der Waals surface area contributed by atoms with Crippen LogP contribution in [0.5, 0.6) is 0 Å². The Kier molecular flexibility index (Phi) is 4.19. The van der Waals surface area contributed by atoms with E-state index >= 15 is 0 Å². The molecule has 13 heavy (non-hydrogen) atoms. The number of ether oxygens (including phenoxy) is 1. The van der Waals surface area contributed by atoms with E-state index in [1.807, 2.05) is 0 Å². The van der Waals surface area contributed by atoms with E-state index < -0.39 is 0 Å². The molecule has 0 radical (unpaired) electrons. The number of rotatable bonds is 3. The molecule has 0 fully saturated rings. The molecule has 0 unspecified atom stereocenters. The molecule has 0 N–H and O–H groups in total. The molecule has 2 nitrogen and oxygen atoms in total. The second kappa shape index (κ2) is 4.96. The molecule has 0 amide bonds. The van der Waals surface area contributed by atoms with E-state index in [4.69, 9.17) is 4.74 Å². The van der Waals surface area contributed by atoms with Crippen molar-refractivity contribution < 1.29 is 9.53 Å². The second-order valence-electron chi connectivity index (χ2n) is 2.76. The fourth-order valence-electron chi connectivity index (χ4n) is 1.11. The van der Waals surface area contributed by atoms with Crippen LogP contribution in [-0.4, -0.2) is 5.97 Å². The third-order valence-corrected chi connectivity index (χ3v) is 3.04. The average Bonchev–Trinajstić information content (AvgIpc) is 2.40. The van der Waals surface area contributed by atoms with Crippen molar-refractivity contribution in [2.75, 3.05) is 0 Å². The van der Waals surface area contributed by atoms with Crippen molar-refractivity contribution >= 4 is 37.8 Å². The van der Waals surface area contributed by atoms with Crippen LogP contribution in [0.3, 0.4) is 0 Å². The zero-order chi connectivity index (χ0) is 9.84. The van der Waals surface area contributed by atoms with Gasteiger partial charge in [0.05, 0.1) is 0 Å². The van der Waals surface area contributed by atoms with Crippen LogP contribution in [0.25, 0.3) is 0 Å². The maximum atomic E-state index is 11.1. The number of halogens is 2. The van der Waals surface area contributed by atoms with Gasteiger partial charge in [-0.05, 0) is 28.8 Å². The number of esters is 1. The Bertz CT molecular complexity index is 279. The molecular formula is C9H10Br2O2. The van der Waals surface area contributed by atoms with Gasteiger partial charge in [0.25, 0.3) is 0 Å². The van der Waals surface area contributed by atoms with Gasteiger partial charge in [-0.25, -0.2) is 4.79 Å². The van der Waals surface area contributed by atoms with Gasteiger partial charge in [-0.2, -0.15) is 0 Å². The van der Waals surface area contributed by atoms with E-state index in [0.717, 1.165) is 24.8 Å². The van der Waals surface area contributed by atoms with E-state index in [1.165, 1.54) is 0 Å². The van der Waals surface area contributed by atoms with Gasteiger partial charge in [-0.15, -0.1) is 0 Å². The molecular weight excluding hydrogens is 300 g/mol. The zero-order valence-corrected chi connectivity index (χ0v) is 10.4. The van der Waals surface area contributed by atoms with Gasteiger partial charge >= 0.3 is 5.97 Å². The van der Waals surface area contributed by atoms with Crippen LogP contribution in [0, 0.1) is 0 Å². The van der Waals surface area contributed by atoms with Gasteiger partial charge in [0.2, 0.25) is 0 Å². The van der Waals surface area contributed by atoms with Crippen molar-refractivity contribution in [2.24, 2.45) is 0 Å². The first kappa shape index (κ1) is 11.0. The Morgan fingerprint density at radius 1 is 1.54 bits per heavy atom. The summed E-state index contributed by atoms with van der Waals surface area (Å²) in [6.45, 7) is 2.11. The number of carbonyl (C=O) groups excluding carboxylic acids is 1. The van der Waals surface area contributed by atoms with Crippen LogP contribution in [-0.2, 0) is 9.53 Å². The monoisotopic (exact) mass is 308 g/mol. The summed E-state index contributed by atoms with van der Waals surface area (Å²) in [7, 11) is 0. The van der Waals surface area contributed by atoms with Crippen LogP contribution in [0.15, 0.2) is 20.8 Å². The molecule has 0 spiro atoms. The molecule has 1 heterocycles. The maximum absolute atomic E-state index is 11.1. The molecule has 0 aromatic carbocycles.